The number of aromatic nitrogens is 5. The molecule has 4 aromatic rings. The summed E-state index contributed by atoms with van der Waals surface area (Å²) in [7, 11) is -0.762. The Morgan fingerprint density at radius 1 is 1.14 bits per heavy atom. The van der Waals surface area contributed by atoms with Crippen LogP contribution in [0.4, 0.5) is 17.3 Å². The van der Waals surface area contributed by atoms with Crippen molar-refractivity contribution in [3.63, 3.8) is 0 Å². The lowest BCUT2D eigenvalue weighted by Gasteiger charge is -2.41. The Hall–Kier alpha value is -3.37. The number of benzene rings is 1. The predicted molar refractivity (Wildman–Crippen MR) is 144 cm³/mol. The standard InChI is InChI=1S/C26H31N7O2S/c1-17(2)20-4-5-23(32-13-18(14-32)16-36(3)35)22-12-28-25(10-21(20)22)30-24-6-7-27-26(31-24)19-11-29-33(15-19)8-9-34/h4-7,10-12,15,17-18,34H,8-9,13-14,16H2,1-3H3,(H,27,28,30,31). The van der Waals surface area contributed by atoms with Crippen molar-refractivity contribution in [2.75, 3.05) is 41.9 Å². The van der Waals surface area contributed by atoms with Crippen LogP contribution in [0.5, 0.6) is 0 Å². The summed E-state index contributed by atoms with van der Waals surface area (Å²) in [6.07, 6.45) is 8.93. The van der Waals surface area contributed by atoms with E-state index >= 15 is 0 Å². The van der Waals surface area contributed by atoms with Crippen LogP contribution in [0.3, 0.4) is 0 Å². The fourth-order valence-corrected chi connectivity index (χ4v) is 5.58. The van der Waals surface area contributed by atoms with Gasteiger partial charge in [-0.2, -0.15) is 5.10 Å². The van der Waals surface area contributed by atoms with E-state index < -0.39 is 10.8 Å². The molecule has 0 radical (unpaired) electrons. The van der Waals surface area contributed by atoms with Gasteiger partial charge in [0.05, 0.1) is 24.9 Å². The minimum atomic E-state index is -0.762. The predicted octanol–water partition coefficient (Wildman–Crippen LogP) is 3.56. The van der Waals surface area contributed by atoms with Gasteiger partial charge in [-0.1, -0.05) is 19.9 Å². The van der Waals surface area contributed by atoms with Crippen LogP contribution in [0.25, 0.3) is 22.2 Å². The number of fused-ring (bicyclic) bond motifs is 1. The number of nitrogens with one attached hydrogen (secondary N) is 1. The average molecular weight is 506 g/mol. The third-order valence-electron chi connectivity index (χ3n) is 6.43. The molecule has 5 rings (SSSR count). The molecule has 36 heavy (non-hydrogen) atoms. The molecule has 0 aliphatic carbocycles. The minimum absolute atomic E-state index is 0.0231. The molecule has 4 heterocycles. The second-order valence-corrected chi connectivity index (χ2v) is 11.0. The molecule has 1 aliphatic heterocycles. The largest absolute Gasteiger partial charge is 0.394 e. The van der Waals surface area contributed by atoms with Gasteiger partial charge in [-0.15, -0.1) is 0 Å². The lowest BCUT2D eigenvalue weighted by molar-refractivity contribution is 0.269. The van der Waals surface area contributed by atoms with Crippen molar-refractivity contribution in [2.45, 2.75) is 26.3 Å². The molecular weight excluding hydrogens is 474 g/mol. The Bertz CT molecular complexity index is 1400. The molecule has 3 aromatic heterocycles. The SMILES string of the molecule is CC(C)c1ccc(N2CC(CS(C)=O)C2)c2cnc(Nc3ccnc(-c4cnn(CCO)c4)n3)cc12. The van der Waals surface area contributed by atoms with E-state index in [4.69, 9.17) is 10.1 Å². The molecule has 0 bridgehead atoms. The molecule has 0 spiro atoms. The Morgan fingerprint density at radius 3 is 2.72 bits per heavy atom. The fraction of sp³-hybridized carbons (Fsp3) is 0.385. The zero-order valence-corrected chi connectivity index (χ0v) is 21.6. The van der Waals surface area contributed by atoms with Crippen molar-refractivity contribution < 1.29 is 9.32 Å². The molecule has 1 saturated heterocycles. The molecule has 1 unspecified atom stereocenters. The van der Waals surface area contributed by atoms with Crippen LogP contribution in [0.2, 0.25) is 0 Å². The highest BCUT2D eigenvalue weighted by Crippen LogP contribution is 2.37. The van der Waals surface area contributed by atoms with Crippen LogP contribution >= 0.6 is 0 Å². The Balaban J connectivity index is 1.42. The normalized spacial score (nSPS) is 14.9. The van der Waals surface area contributed by atoms with Gasteiger partial charge in [-0.3, -0.25) is 8.89 Å². The fourth-order valence-electron chi connectivity index (χ4n) is 4.70. The van der Waals surface area contributed by atoms with Crippen molar-refractivity contribution in [3.8, 4) is 11.4 Å². The first-order chi connectivity index (χ1) is 17.4. The second kappa shape index (κ2) is 10.3. The summed E-state index contributed by atoms with van der Waals surface area (Å²) in [6, 6.07) is 8.31. The number of nitrogens with zero attached hydrogens (tertiary/aromatic N) is 6. The van der Waals surface area contributed by atoms with Gasteiger partial charge in [0, 0.05) is 71.5 Å². The quantitative estimate of drug-likeness (QED) is 0.355. The van der Waals surface area contributed by atoms with Gasteiger partial charge in [0.1, 0.15) is 11.6 Å². The van der Waals surface area contributed by atoms with Gasteiger partial charge in [-0.25, -0.2) is 15.0 Å². The third-order valence-corrected chi connectivity index (χ3v) is 7.38. The lowest BCUT2D eigenvalue weighted by Crippen LogP contribution is -2.49. The van der Waals surface area contributed by atoms with Gasteiger partial charge >= 0.3 is 0 Å². The molecule has 10 heteroatoms. The number of rotatable bonds is 9. The van der Waals surface area contributed by atoms with Crippen molar-refractivity contribution in [2.24, 2.45) is 5.92 Å². The number of aliphatic hydroxyl groups excluding tert-OH is 1. The highest BCUT2D eigenvalue weighted by Gasteiger charge is 2.29. The maximum Gasteiger partial charge on any atom is 0.164 e. The first-order valence-electron chi connectivity index (χ1n) is 12.1. The Kier molecular flexibility index (Phi) is 6.97. The molecule has 0 saturated carbocycles. The maximum absolute atomic E-state index is 11.6. The zero-order valence-electron chi connectivity index (χ0n) is 20.8. The summed E-state index contributed by atoms with van der Waals surface area (Å²) in [6.45, 7) is 6.70. The maximum atomic E-state index is 11.6. The lowest BCUT2D eigenvalue weighted by atomic mass is 9.93. The van der Waals surface area contributed by atoms with Crippen LogP contribution in [0.15, 0.2) is 49.1 Å². The second-order valence-electron chi connectivity index (χ2n) is 9.56. The Morgan fingerprint density at radius 2 is 1.97 bits per heavy atom. The summed E-state index contributed by atoms with van der Waals surface area (Å²) in [5.41, 5.74) is 3.23. The topological polar surface area (TPSA) is 109 Å². The number of anilines is 3. The molecule has 0 amide bonds. The van der Waals surface area contributed by atoms with E-state index in [0.717, 1.165) is 29.8 Å². The molecule has 9 nitrogen and oxygen atoms in total. The van der Waals surface area contributed by atoms with E-state index in [9.17, 15) is 4.21 Å². The summed E-state index contributed by atoms with van der Waals surface area (Å²) < 4.78 is 13.3. The van der Waals surface area contributed by atoms with E-state index in [1.807, 2.05) is 18.5 Å². The van der Waals surface area contributed by atoms with Gasteiger partial charge in [-0.05, 0) is 35.1 Å². The highest BCUT2D eigenvalue weighted by molar-refractivity contribution is 7.84. The van der Waals surface area contributed by atoms with Crippen molar-refractivity contribution in [3.05, 3.63) is 54.6 Å². The van der Waals surface area contributed by atoms with E-state index in [1.165, 1.54) is 16.6 Å². The third kappa shape index (κ3) is 5.10. The molecule has 1 fully saturated rings. The number of hydrogen-bond donors (Lipinski definition) is 2. The smallest absolute Gasteiger partial charge is 0.164 e. The molecule has 2 N–H and O–H groups in total. The van der Waals surface area contributed by atoms with E-state index in [0.29, 0.717) is 35.8 Å². The minimum Gasteiger partial charge on any atom is -0.394 e. The molecule has 188 valence electrons. The van der Waals surface area contributed by atoms with E-state index in [-0.39, 0.29) is 6.61 Å². The van der Waals surface area contributed by atoms with Gasteiger partial charge in [0.15, 0.2) is 5.82 Å². The van der Waals surface area contributed by atoms with Crippen molar-refractivity contribution >= 4 is 38.9 Å². The average Bonchev–Trinajstić information content (AvgIpc) is 3.29. The van der Waals surface area contributed by atoms with Gasteiger partial charge in [0.25, 0.3) is 0 Å². The zero-order chi connectivity index (χ0) is 25.2. The number of aliphatic hydroxyl groups is 1. The number of hydrogen-bond acceptors (Lipinski definition) is 8. The summed E-state index contributed by atoms with van der Waals surface area (Å²) in [5.74, 6) is 3.51. The van der Waals surface area contributed by atoms with Crippen LogP contribution < -0.4 is 10.2 Å². The summed E-state index contributed by atoms with van der Waals surface area (Å²) in [4.78, 5) is 16.1. The van der Waals surface area contributed by atoms with E-state index in [1.54, 1.807) is 23.3 Å². The first kappa shape index (κ1) is 24.3. The summed E-state index contributed by atoms with van der Waals surface area (Å²) in [5, 5.41) is 19.0. The molecule has 1 aliphatic rings. The summed E-state index contributed by atoms with van der Waals surface area (Å²) >= 11 is 0. The highest BCUT2D eigenvalue weighted by atomic mass is 32.2. The number of pyridine rings is 1. The van der Waals surface area contributed by atoms with Gasteiger partial charge < -0.3 is 15.3 Å². The monoisotopic (exact) mass is 505 g/mol. The molecular formula is C26H31N7O2S. The first-order valence-corrected chi connectivity index (χ1v) is 13.9. The van der Waals surface area contributed by atoms with Crippen LogP contribution in [0, 0.1) is 5.92 Å². The van der Waals surface area contributed by atoms with Gasteiger partial charge in [0.2, 0.25) is 0 Å². The van der Waals surface area contributed by atoms with E-state index in [2.05, 4.69) is 57.3 Å². The van der Waals surface area contributed by atoms with Crippen molar-refractivity contribution in [1.82, 2.24) is 24.7 Å². The molecule has 1 atom stereocenters. The van der Waals surface area contributed by atoms with Crippen LogP contribution in [0.1, 0.15) is 25.3 Å². The van der Waals surface area contributed by atoms with Crippen molar-refractivity contribution in [1.29, 1.82) is 0 Å². The molecule has 1 aromatic carbocycles. The van der Waals surface area contributed by atoms with Crippen LogP contribution in [-0.2, 0) is 17.3 Å². The Labute approximate surface area is 213 Å². The van der Waals surface area contributed by atoms with Crippen LogP contribution in [-0.4, -0.2) is 65.8 Å².